The fraction of sp³-hybridized carbons (Fsp3) is 0.0476. The van der Waals surface area contributed by atoms with Crippen molar-refractivity contribution in [2.24, 2.45) is 0 Å². The third-order valence-corrected chi connectivity index (χ3v) is 4.62. The quantitative estimate of drug-likeness (QED) is 0.220. The first-order chi connectivity index (χ1) is 14.8. The first-order valence-electron chi connectivity index (χ1n) is 8.76. The van der Waals surface area contributed by atoms with Crippen LogP contribution in [0.25, 0.3) is 0 Å². The van der Waals surface area contributed by atoms with Gasteiger partial charge in [-0.3, -0.25) is 25.0 Å². The molecular formula is C21H13ClN2O7. The lowest BCUT2D eigenvalue weighted by Gasteiger charge is -2.18. The molecule has 0 aliphatic rings. The van der Waals surface area contributed by atoms with Crippen LogP contribution in [0, 0.1) is 20.2 Å². The van der Waals surface area contributed by atoms with Crippen LogP contribution < -0.4 is 0 Å². The van der Waals surface area contributed by atoms with Gasteiger partial charge in [-0.05, 0) is 18.2 Å². The van der Waals surface area contributed by atoms with E-state index in [0.29, 0.717) is 0 Å². The van der Waals surface area contributed by atoms with E-state index in [9.17, 15) is 29.8 Å². The van der Waals surface area contributed by atoms with Crippen molar-refractivity contribution in [3.05, 3.63) is 115 Å². The Morgan fingerprint density at radius 3 is 1.97 bits per heavy atom. The van der Waals surface area contributed by atoms with Crippen molar-refractivity contribution >= 4 is 34.7 Å². The Balaban J connectivity index is 1.96. The van der Waals surface area contributed by atoms with Crippen LogP contribution in [0.1, 0.15) is 32.4 Å². The van der Waals surface area contributed by atoms with Crippen molar-refractivity contribution in [2.45, 2.75) is 6.10 Å². The van der Waals surface area contributed by atoms with Gasteiger partial charge in [0.1, 0.15) is 0 Å². The van der Waals surface area contributed by atoms with Crippen LogP contribution in [0.3, 0.4) is 0 Å². The zero-order valence-electron chi connectivity index (χ0n) is 15.6. The molecule has 1 atom stereocenters. The summed E-state index contributed by atoms with van der Waals surface area (Å²) in [5, 5.41) is 21.5. The predicted octanol–water partition coefficient (Wildman–Crippen LogP) is 4.94. The van der Waals surface area contributed by atoms with E-state index >= 15 is 0 Å². The maximum absolute atomic E-state index is 13.0. The van der Waals surface area contributed by atoms with Gasteiger partial charge in [-0.25, -0.2) is 4.79 Å². The number of hydrogen-bond acceptors (Lipinski definition) is 7. The molecule has 0 spiro atoms. The van der Waals surface area contributed by atoms with Crippen LogP contribution in [0.15, 0.2) is 72.8 Å². The number of benzene rings is 3. The molecule has 9 nitrogen and oxygen atoms in total. The molecule has 0 N–H and O–H groups in total. The average Bonchev–Trinajstić information content (AvgIpc) is 2.77. The van der Waals surface area contributed by atoms with Crippen LogP contribution in [0.5, 0.6) is 0 Å². The Morgan fingerprint density at radius 1 is 0.839 bits per heavy atom. The molecule has 0 saturated carbocycles. The van der Waals surface area contributed by atoms with Crippen LogP contribution in [-0.2, 0) is 4.74 Å². The first kappa shape index (κ1) is 21.6. The highest BCUT2D eigenvalue weighted by molar-refractivity contribution is 6.33. The number of non-ortho nitro benzene ring substituents is 2. The predicted molar refractivity (Wildman–Crippen MR) is 110 cm³/mol. The lowest BCUT2D eigenvalue weighted by atomic mass is 9.99. The molecule has 3 aromatic carbocycles. The third-order valence-electron chi connectivity index (χ3n) is 4.31. The summed E-state index contributed by atoms with van der Waals surface area (Å²) < 4.78 is 5.41. The minimum absolute atomic E-state index is 0.167. The second-order valence-corrected chi connectivity index (χ2v) is 6.69. The summed E-state index contributed by atoms with van der Waals surface area (Å²) in [6, 6.07) is 16.3. The second-order valence-electron chi connectivity index (χ2n) is 6.29. The van der Waals surface area contributed by atoms with Gasteiger partial charge in [0.15, 0.2) is 6.10 Å². The molecule has 0 aromatic heterocycles. The van der Waals surface area contributed by atoms with Gasteiger partial charge in [0.25, 0.3) is 11.4 Å². The normalized spacial score (nSPS) is 11.4. The monoisotopic (exact) mass is 440 g/mol. The standard InChI is InChI=1S/C21H13ClN2O7/c22-18-12-16(24(29)30)10-11-17(18)21(26)31-20(19(25)13-4-2-1-3-5-13)14-6-8-15(9-7-14)23(27)28/h1-12,20H/t20-/m0/s1. The van der Waals surface area contributed by atoms with Crippen molar-refractivity contribution in [2.75, 3.05) is 0 Å². The molecule has 0 heterocycles. The fourth-order valence-corrected chi connectivity index (χ4v) is 3.00. The number of rotatable bonds is 7. The number of carbonyl (C=O) groups excluding carboxylic acids is 2. The lowest BCUT2D eigenvalue weighted by Crippen LogP contribution is -2.20. The zero-order valence-corrected chi connectivity index (χ0v) is 16.4. The van der Waals surface area contributed by atoms with Gasteiger partial charge in [0.2, 0.25) is 5.78 Å². The summed E-state index contributed by atoms with van der Waals surface area (Å²) in [4.78, 5) is 46.2. The van der Waals surface area contributed by atoms with Crippen molar-refractivity contribution in [3.8, 4) is 0 Å². The summed E-state index contributed by atoms with van der Waals surface area (Å²) in [6.45, 7) is 0. The van der Waals surface area contributed by atoms with Gasteiger partial charge in [0.05, 0.1) is 20.4 Å². The Kier molecular flexibility index (Phi) is 6.37. The highest BCUT2D eigenvalue weighted by Gasteiger charge is 2.28. The smallest absolute Gasteiger partial charge is 0.340 e. The van der Waals surface area contributed by atoms with Crippen molar-refractivity contribution in [1.29, 1.82) is 0 Å². The van der Waals surface area contributed by atoms with Crippen LogP contribution in [0.4, 0.5) is 11.4 Å². The van der Waals surface area contributed by atoms with Crippen LogP contribution >= 0.6 is 11.6 Å². The van der Waals surface area contributed by atoms with E-state index in [0.717, 1.165) is 18.2 Å². The number of halogens is 1. The number of ketones is 1. The number of Topliss-reactive ketones (excluding diaryl/α,β-unsaturated/α-hetero) is 1. The van der Waals surface area contributed by atoms with Gasteiger partial charge in [-0.1, -0.05) is 41.9 Å². The van der Waals surface area contributed by atoms with E-state index in [1.54, 1.807) is 18.2 Å². The SMILES string of the molecule is O=C(O[C@H](C(=O)c1ccccc1)c1ccc([N+](=O)[O-])cc1)c1ccc([N+](=O)[O-])cc1Cl. The number of nitro groups is 2. The lowest BCUT2D eigenvalue weighted by molar-refractivity contribution is -0.385. The molecule has 0 bridgehead atoms. The van der Waals surface area contributed by atoms with E-state index < -0.39 is 27.7 Å². The number of esters is 1. The van der Waals surface area contributed by atoms with Crippen LogP contribution in [0.2, 0.25) is 5.02 Å². The van der Waals surface area contributed by atoms with Gasteiger partial charge in [-0.2, -0.15) is 0 Å². The Hall–Kier alpha value is -4.11. The van der Waals surface area contributed by atoms with Gasteiger partial charge in [0, 0.05) is 35.4 Å². The molecule has 0 unspecified atom stereocenters. The maximum atomic E-state index is 13.0. The summed E-state index contributed by atoms with van der Waals surface area (Å²) in [7, 11) is 0. The van der Waals surface area contributed by atoms with E-state index in [-0.39, 0.29) is 33.1 Å². The number of nitrogens with zero attached hydrogens (tertiary/aromatic N) is 2. The Morgan fingerprint density at radius 2 is 1.42 bits per heavy atom. The number of ether oxygens (including phenoxy) is 1. The number of hydrogen-bond donors (Lipinski definition) is 0. The van der Waals surface area contributed by atoms with Gasteiger partial charge < -0.3 is 4.74 Å². The number of carbonyl (C=O) groups is 2. The highest BCUT2D eigenvalue weighted by atomic mass is 35.5. The maximum Gasteiger partial charge on any atom is 0.340 e. The van der Waals surface area contributed by atoms with Gasteiger partial charge >= 0.3 is 5.97 Å². The zero-order chi connectivity index (χ0) is 22.5. The molecule has 0 aliphatic carbocycles. The van der Waals surface area contributed by atoms with Gasteiger partial charge in [-0.15, -0.1) is 0 Å². The first-order valence-corrected chi connectivity index (χ1v) is 9.14. The van der Waals surface area contributed by atoms with Crippen LogP contribution in [-0.4, -0.2) is 21.6 Å². The van der Waals surface area contributed by atoms with Crippen molar-refractivity contribution in [1.82, 2.24) is 0 Å². The third kappa shape index (κ3) is 4.90. The summed E-state index contributed by atoms with van der Waals surface area (Å²) in [5.41, 5.74) is -0.201. The Labute approximate surface area is 180 Å². The molecule has 0 radical (unpaired) electrons. The molecule has 31 heavy (non-hydrogen) atoms. The van der Waals surface area contributed by atoms with Crippen molar-refractivity contribution in [3.63, 3.8) is 0 Å². The second kappa shape index (κ2) is 9.14. The minimum Gasteiger partial charge on any atom is -0.445 e. The Bertz CT molecular complexity index is 1160. The summed E-state index contributed by atoms with van der Waals surface area (Å²) in [6.07, 6.45) is -1.41. The molecular weight excluding hydrogens is 428 g/mol. The van der Waals surface area contributed by atoms with E-state index in [4.69, 9.17) is 16.3 Å². The largest absolute Gasteiger partial charge is 0.445 e. The minimum atomic E-state index is -1.41. The summed E-state index contributed by atoms with van der Waals surface area (Å²) in [5.74, 6) is -1.53. The molecule has 0 amide bonds. The summed E-state index contributed by atoms with van der Waals surface area (Å²) >= 11 is 5.98. The molecule has 3 rings (SSSR count). The molecule has 10 heteroatoms. The molecule has 156 valence electrons. The molecule has 3 aromatic rings. The molecule has 0 fully saturated rings. The average molecular weight is 441 g/mol. The van der Waals surface area contributed by atoms with Crippen molar-refractivity contribution < 1.29 is 24.2 Å². The fourth-order valence-electron chi connectivity index (χ4n) is 2.75. The number of nitro benzene ring substituents is 2. The van der Waals surface area contributed by atoms with E-state index in [1.807, 2.05) is 0 Å². The molecule has 0 saturated heterocycles. The topological polar surface area (TPSA) is 130 Å². The van der Waals surface area contributed by atoms with E-state index in [1.165, 1.54) is 36.4 Å². The van der Waals surface area contributed by atoms with E-state index in [2.05, 4.69) is 0 Å². The molecule has 0 aliphatic heterocycles. The highest BCUT2D eigenvalue weighted by Crippen LogP contribution is 2.29.